The molecule has 1 aliphatic heterocycles. The molecule has 0 aromatic carbocycles. The highest BCUT2D eigenvalue weighted by Gasteiger charge is 2.26. The molecule has 0 spiro atoms. The van der Waals surface area contributed by atoms with Crippen molar-refractivity contribution < 1.29 is 4.74 Å². The van der Waals surface area contributed by atoms with Gasteiger partial charge in [0.1, 0.15) is 11.2 Å². The van der Waals surface area contributed by atoms with E-state index >= 15 is 0 Å². The van der Waals surface area contributed by atoms with Gasteiger partial charge in [0.2, 0.25) is 11.2 Å². The Labute approximate surface area is 188 Å². The second-order valence-electron chi connectivity index (χ2n) is 9.45. The van der Waals surface area contributed by atoms with Crippen LogP contribution < -0.4 is 4.74 Å². The van der Waals surface area contributed by atoms with Crippen molar-refractivity contribution in [3.05, 3.63) is 29.4 Å². The quantitative estimate of drug-likeness (QED) is 0.535. The standard InChI is InChI=1S/C23H31ClN6O/c1-15-12-17(18-19-20(28-22(24)27-18)29(5)14-26-19)13-25-21(15)31-11-8-16-6-9-30(10-7-16)23(2,3)4/h12-14,16H,6-11H2,1-5H3. The lowest BCUT2D eigenvalue weighted by atomic mass is 9.91. The molecule has 7 nitrogen and oxygen atoms in total. The molecule has 3 aromatic rings. The predicted molar refractivity (Wildman–Crippen MR) is 123 cm³/mol. The summed E-state index contributed by atoms with van der Waals surface area (Å²) in [4.78, 5) is 20.2. The lowest BCUT2D eigenvalue weighted by Gasteiger charge is -2.40. The Bertz CT molecular complexity index is 1070. The van der Waals surface area contributed by atoms with Crippen LogP contribution in [-0.2, 0) is 7.05 Å². The van der Waals surface area contributed by atoms with Crippen LogP contribution >= 0.6 is 11.6 Å². The molecule has 1 saturated heterocycles. The molecule has 8 heteroatoms. The molecule has 4 heterocycles. The molecule has 31 heavy (non-hydrogen) atoms. The molecule has 0 radical (unpaired) electrons. The van der Waals surface area contributed by atoms with E-state index in [0.717, 1.165) is 23.5 Å². The number of hydrogen-bond acceptors (Lipinski definition) is 6. The molecular formula is C23H31ClN6O. The van der Waals surface area contributed by atoms with Gasteiger partial charge in [-0.2, -0.15) is 4.98 Å². The van der Waals surface area contributed by atoms with Gasteiger partial charge in [0, 0.05) is 29.9 Å². The number of pyridine rings is 1. The number of fused-ring (bicyclic) bond motifs is 1. The number of rotatable bonds is 5. The van der Waals surface area contributed by atoms with Gasteiger partial charge in [-0.05, 0) is 83.6 Å². The summed E-state index contributed by atoms with van der Waals surface area (Å²) in [5.41, 5.74) is 4.18. The second kappa shape index (κ2) is 8.71. The Kier molecular flexibility index (Phi) is 6.17. The minimum absolute atomic E-state index is 0.196. The van der Waals surface area contributed by atoms with Crippen LogP contribution in [0.4, 0.5) is 0 Å². The fourth-order valence-electron chi connectivity index (χ4n) is 4.24. The van der Waals surface area contributed by atoms with Gasteiger partial charge in [0.25, 0.3) is 0 Å². The third kappa shape index (κ3) is 4.83. The van der Waals surface area contributed by atoms with Crippen LogP contribution in [0.25, 0.3) is 22.4 Å². The van der Waals surface area contributed by atoms with Gasteiger partial charge in [-0.3, -0.25) is 4.90 Å². The Morgan fingerprint density at radius 2 is 1.90 bits per heavy atom. The van der Waals surface area contributed by atoms with Crippen LogP contribution in [0, 0.1) is 12.8 Å². The van der Waals surface area contributed by atoms with E-state index in [1.54, 1.807) is 12.5 Å². The number of halogens is 1. The summed E-state index contributed by atoms with van der Waals surface area (Å²) in [6.07, 6.45) is 7.03. The van der Waals surface area contributed by atoms with Gasteiger partial charge in [-0.15, -0.1) is 0 Å². The van der Waals surface area contributed by atoms with E-state index < -0.39 is 0 Å². The number of imidazole rings is 1. The summed E-state index contributed by atoms with van der Waals surface area (Å²) in [5, 5.41) is 0.196. The molecule has 1 aliphatic rings. The van der Waals surface area contributed by atoms with Crippen molar-refractivity contribution in [3.8, 4) is 17.1 Å². The highest BCUT2D eigenvalue weighted by molar-refractivity contribution is 6.28. The van der Waals surface area contributed by atoms with Crippen molar-refractivity contribution in [1.82, 2.24) is 29.4 Å². The van der Waals surface area contributed by atoms with E-state index in [2.05, 4.69) is 45.6 Å². The van der Waals surface area contributed by atoms with Crippen LogP contribution in [0.15, 0.2) is 18.6 Å². The first-order chi connectivity index (χ1) is 14.7. The minimum Gasteiger partial charge on any atom is -0.477 e. The minimum atomic E-state index is 0.196. The number of likely N-dealkylation sites (tertiary alicyclic amines) is 1. The highest BCUT2D eigenvalue weighted by Crippen LogP contribution is 2.29. The molecule has 0 atom stereocenters. The van der Waals surface area contributed by atoms with Gasteiger partial charge in [-0.1, -0.05) is 0 Å². The first-order valence-corrected chi connectivity index (χ1v) is 11.3. The molecule has 1 fully saturated rings. The Morgan fingerprint density at radius 1 is 1.16 bits per heavy atom. The van der Waals surface area contributed by atoms with Crippen molar-refractivity contribution >= 4 is 22.8 Å². The summed E-state index contributed by atoms with van der Waals surface area (Å²) in [6.45, 7) is 11.9. The molecule has 3 aromatic heterocycles. The van der Waals surface area contributed by atoms with Crippen LogP contribution in [0.2, 0.25) is 5.28 Å². The maximum atomic E-state index is 6.14. The topological polar surface area (TPSA) is 69.0 Å². The van der Waals surface area contributed by atoms with Crippen molar-refractivity contribution in [1.29, 1.82) is 0 Å². The number of nitrogens with zero attached hydrogens (tertiary/aromatic N) is 6. The van der Waals surface area contributed by atoms with Crippen LogP contribution in [0.1, 0.15) is 45.6 Å². The van der Waals surface area contributed by atoms with Gasteiger partial charge >= 0.3 is 0 Å². The highest BCUT2D eigenvalue weighted by atomic mass is 35.5. The molecule has 0 saturated carbocycles. The SMILES string of the molecule is Cc1cc(-c2nc(Cl)nc3c2ncn3C)cnc1OCCC1CCN(C(C)(C)C)CC1. The maximum Gasteiger partial charge on any atom is 0.225 e. The van der Waals surface area contributed by atoms with Crippen LogP contribution in [-0.4, -0.2) is 54.6 Å². The third-order valence-electron chi connectivity index (χ3n) is 6.16. The summed E-state index contributed by atoms with van der Waals surface area (Å²) >= 11 is 6.14. The summed E-state index contributed by atoms with van der Waals surface area (Å²) in [6, 6.07) is 2.02. The summed E-state index contributed by atoms with van der Waals surface area (Å²) in [7, 11) is 1.88. The zero-order chi connectivity index (χ0) is 22.2. The molecule has 4 rings (SSSR count). The van der Waals surface area contributed by atoms with Crippen molar-refractivity contribution in [3.63, 3.8) is 0 Å². The van der Waals surface area contributed by atoms with Crippen LogP contribution in [0.3, 0.4) is 0 Å². The Balaban J connectivity index is 1.39. The molecule has 0 aliphatic carbocycles. The van der Waals surface area contributed by atoms with E-state index in [1.807, 2.05) is 24.6 Å². The largest absolute Gasteiger partial charge is 0.477 e. The molecule has 166 valence electrons. The molecule has 0 amide bonds. The van der Waals surface area contributed by atoms with E-state index in [0.29, 0.717) is 29.3 Å². The summed E-state index contributed by atoms with van der Waals surface area (Å²) in [5.74, 6) is 1.40. The lowest BCUT2D eigenvalue weighted by molar-refractivity contribution is 0.0808. The average molecular weight is 443 g/mol. The van der Waals surface area contributed by atoms with E-state index in [4.69, 9.17) is 16.3 Å². The molecule has 0 bridgehead atoms. The van der Waals surface area contributed by atoms with E-state index in [1.165, 1.54) is 25.9 Å². The predicted octanol–water partition coefficient (Wildman–Crippen LogP) is 4.67. The van der Waals surface area contributed by atoms with Gasteiger partial charge in [0.05, 0.1) is 12.9 Å². The van der Waals surface area contributed by atoms with Crippen molar-refractivity contribution in [2.45, 2.75) is 52.5 Å². The molecular weight excluding hydrogens is 412 g/mol. The number of aryl methyl sites for hydroxylation is 2. The molecule has 0 unspecified atom stereocenters. The zero-order valence-electron chi connectivity index (χ0n) is 19.0. The monoisotopic (exact) mass is 442 g/mol. The van der Waals surface area contributed by atoms with E-state index in [-0.39, 0.29) is 10.8 Å². The number of aromatic nitrogens is 5. The number of hydrogen-bond donors (Lipinski definition) is 0. The van der Waals surface area contributed by atoms with E-state index in [9.17, 15) is 0 Å². The lowest BCUT2D eigenvalue weighted by Crippen LogP contribution is -2.46. The smallest absolute Gasteiger partial charge is 0.225 e. The number of piperidine rings is 1. The van der Waals surface area contributed by atoms with Gasteiger partial charge in [-0.25, -0.2) is 15.0 Å². The second-order valence-corrected chi connectivity index (χ2v) is 9.79. The van der Waals surface area contributed by atoms with Gasteiger partial charge < -0.3 is 9.30 Å². The average Bonchev–Trinajstić information content (AvgIpc) is 3.09. The van der Waals surface area contributed by atoms with Crippen molar-refractivity contribution in [2.24, 2.45) is 13.0 Å². The first-order valence-electron chi connectivity index (χ1n) is 10.9. The Morgan fingerprint density at radius 3 is 2.58 bits per heavy atom. The fraction of sp³-hybridized carbons (Fsp3) is 0.565. The maximum absolute atomic E-state index is 6.14. The third-order valence-corrected chi connectivity index (χ3v) is 6.33. The van der Waals surface area contributed by atoms with Gasteiger partial charge in [0.15, 0.2) is 5.65 Å². The zero-order valence-corrected chi connectivity index (χ0v) is 19.8. The van der Waals surface area contributed by atoms with Crippen molar-refractivity contribution in [2.75, 3.05) is 19.7 Å². The Hall–Kier alpha value is -2.25. The number of ether oxygens (including phenoxy) is 1. The van der Waals surface area contributed by atoms with Crippen LogP contribution in [0.5, 0.6) is 5.88 Å². The molecule has 0 N–H and O–H groups in total. The summed E-state index contributed by atoms with van der Waals surface area (Å²) < 4.78 is 7.87. The fourth-order valence-corrected chi connectivity index (χ4v) is 4.40. The normalized spacial score (nSPS) is 16.2. The first kappa shape index (κ1) is 22.0.